The number of carbonyl (C=O) groups excluding carboxylic acids is 1. The predicted molar refractivity (Wildman–Crippen MR) is 103 cm³/mol. The van der Waals surface area contributed by atoms with Crippen molar-refractivity contribution in [1.82, 2.24) is 5.43 Å². The van der Waals surface area contributed by atoms with Gasteiger partial charge in [0.15, 0.2) is 0 Å². The van der Waals surface area contributed by atoms with Crippen LogP contribution in [0.4, 0.5) is 0 Å². The van der Waals surface area contributed by atoms with Gasteiger partial charge in [0.1, 0.15) is 5.75 Å². The summed E-state index contributed by atoms with van der Waals surface area (Å²) in [4.78, 5) is 11.8. The molecule has 2 aromatic carbocycles. The number of hydrogen-bond donors (Lipinski definition) is 1. The fourth-order valence-corrected chi connectivity index (χ4v) is 2.81. The number of methoxy groups -OCH3 is 1. The van der Waals surface area contributed by atoms with Gasteiger partial charge in [-0.05, 0) is 55.2 Å². The molecule has 25 heavy (non-hydrogen) atoms. The summed E-state index contributed by atoms with van der Waals surface area (Å²) in [5.41, 5.74) is 5.58. The zero-order valence-electron chi connectivity index (χ0n) is 14.2. The Morgan fingerprint density at radius 1 is 1.24 bits per heavy atom. The SMILES string of the molecule is COc1ccc(CCCC(=O)NN=Cc2ccc(Cl)cc2Cl)c(C)c1. The third-order valence-corrected chi connectivity index (χ3v) is 4.32. The van der Waals surface area contributed by atoms with Crippen molar-refractivity contribution in [2.24, 2.45) is 5.10 Å². The number of amides is 1. The smallest absolute Gasteiger partial charge is 0.240 e. The van der Waals surface area contributed by atoms with Crippen LogP contribution in [0.5, 0.6) is 5.75 Å². The maximum Gasteiger partial charge on any atom is 0.240 e. The summed E-state index contributed by atoms with van der Waals surface area (Å²) in [5, 5.41) is 4.97. The lowest BCUT2D eigenvalue weighted by Gasteiger charge is -2.07. The number of nitrogens with one attached hydrogen (secondary N) is 1. The molecule has 2 rings (SSSR count). The fourth-order valence-electron chi connectivity index (χ4n) is 2.35. The van der Waals surface area contributed by atoms with Gasteiger partial charge in [-0.25, -0.2) is 5.43 Å². The molecule has 0 saturated carbocycles. The number of carbonyl (C=O) groups is 1. The molecule has 4 nitrogen and oxygen atoms in total. The van der Waals surface area contributed by atoms with Crippen molar-refractivity contribution in [2.75, 3.05) is 7.11 Å². The van der Waals surface area contributed by atoms with E-state index in [0.717, 1.165) is 24.2 Å². The van der Waals surface area contributed by atoms with E-state index in [0.29, 0.717) is 22.0 Å². The molecule has 0 atom stereocenters. The van der Waals surface area contributed by atoms with Crippen LogP contribution in [0.3, 0.4) is 0 Å². The number of ether oxygens (including phenoxy) is 1. The Bertz CT molecular complexity index is 776. The lowest BCUT2D eigenvalue weighted by atomic mass is 10.0. The molecule has 2 aromatic rings. The van der Waals surface area contributed by atoms with Crippen molar-refractivity contribution >= 4 is 35.3 Å². The Hall–Kier alpha value is -2.04. The minimum absolute atomic E-state index is 0.132. The molecule has 6 heteroatoms. The summed E-state index contributed by atoms with van der Waals surface area (Å²) >= 11 is 11.9. The first-order valence-corrected chi connectivity index (χ1v) is 8.65. The highest BCUT2D eigenvalue weighted by molar-refractivity contribution is 6.36. The number of hydrogen-bond acceptors (Lipinski definition) is 3. The molecule has 0 aliphatic heterocycles. The van der Waals surface area contributed by atoms with Gasteiger partial charge in [-0.3, -0.25) is 4.79 Å². The molecule has 132 valence electrons. The van der Waals surface area contributed by atoms with Crippen LogP contribution in [0, 0.1) is 6.92 Å². The van der Waals surface area contributed by atoms with E-state index in [2.05, 4.69) is 10.5 Å². The topological polar surface area (TPSA) is 50.7 Å². The Kier molecular flexibility index (Phi) is 7.29. The minimum Gasteiger partial charge on any atom is -0.497 e. The van der Waals surface area contributed by atoms with Gasteiger partial charge >= 0.3 is 0 Å². The second kappa shape index (κ2) is 9.44. The molecule has 1 amide bonds. The lowest BCUT2D eigenvalue weighted by Crippen LogP contribution is -2.17. The molecular formula is C19H20Cl2N2O2. The summed E-state index contributed by atoms with van der Waals surface area (Å²) in [7, 11) is 1.65. The van der Waals surface area contributed by atoms with Crippen molar-refractivity contribution < 1.29 is 9.53 Å². The molecule has 0 aliphatic carbocycles. The maximum absolute atomic E-state index is 11.8. The van der Waals surface area contributed by atoms with E-state index in [1.54, 1.807) is 25.3 Å². The third kappa shape index (κ3) is 6.07. The fraction of sp³-hybridized carbons (Fsp3) is 0.263. The molecule has 1 N–H and O–H groups in total. The zero-order chi connectivity index (χ0) is 18.2. The van der Waals surface area contributed by atoms with Crippen molar-refractivity contribution in [3.8, 4) is 5.75 Å². The molecule has 0 radical (unpaired) electrons. The monoisotopic (exact) mass is 378 g/mol. The average molecular weight is 379 g/mol. The summed E-state index contributed by atoms with van der Waals surface area (Å²) in [6, 6.07) is 11.1. The molecule has 0 aliphatic rings. The second-order valence-corrected chi connectivity index (χ2v) is 6.45. The normalized spacial score (nSPS) is 10.9. The van der Waals surface area contributed by atoms with Crippen LogP contribution >= 0.6 is 23.2 Å². The molecule has 0 bridgehead atoms. The van der Waals surface area contributed by atoms with Gasteiger partial charge in [-0.1, -0.05) is 35.3 Å². The molecule has 0 aromatic heterocycles. The molecule has 0 heterocycles. The zero-order valence-corrected chi connectivity index (χ0v) is 15.7. The first-order valence-electron chi connectivity index (χ1n) is 7.90. The molecule has 0 fully saturated rings. The van der Waals surface area contributed by atoms with Gasteiger partial charge in [-0.2, -0.15) is 5.10 Å². The average Bonchev–Trinajstić information content (AvgIpc) is 2.58. The van der Waals surface area contributed by atoms with Gasteiger partial charge in [0.25, 0.3) is 0 Å². The van der Waals surface area contributed by atoms with Gasteiger partial charge in [0.05, 0.1) is 18.3 Å². The van der Waals surface area contributed by atoms with Gasteiger partial charge in [0, 0.05) is 17.0 Å². The highest BCUT2D eigenvalue weighted by Crippen LogP contribution is 2.20. The van der Waals surface area contributed by atoms with E-state index >= 15 is 0 Å². The van der Waals surface area contributed by atoms with Crippen LogP contribution in [0.25, 0.3) is 0 Å². The Balaban J connectivity index is 1.78. The maximum atomic E-state index is 11.8. The van der Waals surface area contributed by atoms with E-state index in [4.69, 9.17) is 27.9 Å². The molecule has 0 spiro atoms. The van der Waals surface area contributed by atoms with Gasteiger partial charge in [0.2, 0.25) is 5.91 Å². The van der Waals surface area contributed by atoms with Crippen LogP contribution in [0.1, 0.15) is 29.5 Å². The van der Waals surface area contributed by atoms with Crippen LogP contribution in [0.2, 0.25) is 10.0 Å². The predicted octanol–water partition coefficient (Wildman–Crippen LogP) is 4.78. The van der Waals surface area contributed by atoms with Crippen molar-refractivity contribution in [3.05, 3.63) is 63.1 Å². The number of benzene rings is 2. The van der Waals surface area contributed by atoms with Crippen LogP contribution in [-0.2, 0) is 11.2 Å². The summed E-state index contributed by atoms with van der Waals surface area (Å²) < 4.78 is 5.19. The highest BCUT2D eigenvalue weighted by atomic mass is 35.5. The van der Waals surface area contributed by atoms with Crippen LogP contribution < -0.4 is 10.2 Å². The number of hydrazone groups is 1. The minimum atomic E-state index is -0.132. The summed E-state index contributed by atoms with van der Waals surface area (Å²) in [5.74, 6) is 0.710. The van der Waals surface area contributed by atoms with Crippen molar-refractivity contribution in [1.29, 1.82) is 0 Å². The Labute approximate surface area is 157 Å². The number of aryl methyl sites for hydroxylation is 2. The summed E-state index contributed by atoms with van der Waals surface area (Å²) in [6.45, 7) is 2.04. The first-order chi connectivity index (χ1) is 12.0. The quantitative estimate of drug-likeness (QED) is 0.556. The van der Waals surface area contributed by atoms with Crippen molar-refractivity contribution in [2.45, 2.75) is 26.2 Å². The molecule has 0 saturated heterocycles. The van der Waals surface area contributed by atoms with Gasteiger partial charge < -0.3 is 4.74 Å². The van der Waals surface area contributed by atoms with E-state index < -0.39 is 0 Å². The second-order valence-electron chi connectivity index (χ2n) is 5.60. The van der Waals surface area contributed by atoms with E-state index in [1.165, 1.54) is 11.8 Å². The Morgan fingerprint density at radius 2 is 2.04 bits per heavy atom. The highest BCUT2D eigenvalue weighted by Gasteiger charge is 2.04. The van der Waals surface area contributed by atoms with Crippen LogP contribution in [-0.4, -0.2) is 19.2 Å². The standard InChI is InChI=1S/C19H20Cl2N2O2/c1-13-10-17(25-2)9-7-14(13)4-3-5-19(24)23-22-12-15-6-8-16(20)11-18(15)21/h6-12H,3-5H2,1-2H3,(H,23,24). The molecular weight excluding hydrogens is 359 g/mol. The number of halogens is 2. The van der Waals surface area contributed by atoms with Crippen molar-refractivity contribution in [3.63, 3.8) is 0 Å². The van der Waals surface area contributed by atoms with E-state index in [-0.39, 0.29) is 5.91 Å². The van der Waals surface area contributed by atoms with Gasteiger partial charge in [-0.15, -0.1) is 0 Å². The van der Waals surface area contributed by atoms with Crippen LogP contribution in [0.15, 0.2) is 41.5 Å². The number of rotatable bonds is 7. The Morgan fingerprint density at radius 3 is 2.72 bits per heavy atom. The largest absolute Gasteiger partial charge is 0.497 e. The first kappa shape index (κ1) is 19.3. The summed E-state index contributed by atoms with van der Waals surface area (Å²) in [6.07, 6.45) is 3.48. The van der Waals surface area contributed by atoms with E-state index in [1.807, 2.05) is 25.1 Å². The third-order valence-electron chi connectivity index (χ3n) is 3.76. The van der Waals surface area contributed by atoms with E-state index in [9.17, 15) is 4.79 Å². The number of nitrogens with zero attached hydrogens (tertiary/aromatic N) is 1. The lowest BCUT2D eigenvalue weighted by molar-refractivity contribution is -0.121. The molecule has 0 unspecified atom stereocenters.